The Morgan fingerprint density at radius 3 is 2.49 bits per heavy atom. The van der Waals surface area contributed by atoms with E-state index in [4.69, 9.17) is 5.21 Å². The van der Waals surface area contributed by atoms with E-state index in [0.717, 1.165) is 11.8 Å². The number of hydroxylamine groups is 1. The molecule has 13 heteroatoms. The van der Waals surface area contributed by atoms with Crippen molar-refractivity contribution in [2.45, 2.75) is 49.6 Å². The number of aliphatic hydroxyl groups is 1. The van der Waals surface area contributed by atoms with Gasteiger partial charge in [-0.2, -0.15) is 0 Å². The van der Waals surface area contributed by atoms with Crippen molar-refractivity contribution in [2.24, 2.45) is 0 Å². The number of fused-ring (bicyclic) bond motifs is 1. The van der Waals surface area contributed by atoms with Crippen molar-refractivity contribution in [2.75, 3.05) is 25.9 Å². The summed E-state index contributed by atoms with van der Waals surface area (Å²) in [5.41, 5.74) is 4.22. The summed E-state index contributed by atoms with van der Waals surface area (Å²) in [7, 11) is -3.87. The number of likely N-dealkylation sites (tertiary alicyclic amines) is 1. The summed E-state index contributed by atoms with van der Waals surface area (Å²) in [6, 6.07) is 8.58. The predicted octanol–water partition coefficient (Wildman–Crippen LogP) is 1.57. The minimum Gasteiger partial charge on any atom is -0.387 e. The molecular weight excluding hydrogens is 534 g/mol. The number of piperidine rings is 1. The maximum absolute atomic E-state index is 13.8. The van der Waals surface area contributed by atoms with E-state index in [-0.39, 0.29) is 32.0 Å². The number of aromatic nitrogens is 1. The molecule has 1 aromatic carbocycles. The van der Waals surface area contributed by atoms with Crippen LogP contribution in [-0.2, 0) is 27.7 Å². The molecule has 2 atom stereocenters. The lowest BCUT2D eigenvalue weighted by molar-refractivity contribution is -0.151. The number of aliphatic hydroxyl groups excluding tert-OH is 1. The fraction of sp³-hybridized carbons (Fsp3) is 0.462. The van der Waals surface area contributed by atoms with Gasteiger partial charge in [-0.05, 0) is 43.5 Å². The van der Waals surface area contributed by atoms with E-state index in [0.29, 0.717) is 29.9 Å². The topological polar surface area (TPSA) is 132 Å². The number of alkyl halides is 2. The predicted molar refractivity (Wildman–Crippen MR) is 137 cm³/mol. The summed E-state index contributed by atoms with van der Waals surface area (Å²) in [5.74, 6) is 1.84. The number of carbonyl (C=O) groups excluding carboxylic acids is 2. The normalized spacial score (nSPS) is 20.6. The van der Waals surface area contributed by atoms with E-state index in [1.807, 2.05) is 12.1 Å². The monoisotopic (exact) mass is 564 g/mol. The Morgan fingerprint density at radius 1 is 1.23 bits per heavy atom. The lowest BCUT2D eigenvalue weighted by atomic mass is 10.0. The third kappa shape index (κ3) is 5.99. The van der Waals surface area contributed by atoms with Crippen LogP contribution in [0.1, 0.15) is 42.1 Å². The second-order valence-corrected chi connectivity index (χ2v) is 12.7. The molecule has 0 saturated carbocycles. The molecule has 4 rings (SSSR count). The van der Waals surface area contributed by atoms with Crippen LogP contribution in [0.5, 0.6) is 0 Å². The van der Waals surface area contributed by atoms with Crippen LogP contribution in [0.4, 0.5) is 13.6 Å². The Hall–Kier alpha value is -3.31. The first-order chi connectivity index (χ1) is 18.2. The van der Waals surface area contributed by atoms with Gasteiger partial charge in [-0.1, -0.05) is 24.0 Å². The zero-order chi connectivity index (χ0) is 28.6. The molecule has 0 bridgehead atoms. The summed E-state index contributed by atoms with van der Waals surface area (Å²) in [6.45, 7) is 1.65. The molecule has 2 aromatic rings. The van der Waals surface area contributed by atoms with E-state index in [1.165, 1.54) is 21.9 Å². The Labute approximate surface area is 225 Å². The fourth-order valence-electron chi connectivity index (χ4n) is 4.63. The van der Waals surface area contributed by atoms with Crippen LogP contribution in [0.3, 0.4) is 0 Å². The first-order valence-corrected chi connectivity index (χ1v) is 14.2. The summed E-state index contributed by atoms with van der Waals surface area (Å²) in [5, 5.41) is 18.4. The van der Waals surface area contributed by atoms with Gasteiger partial charge in [0.05, 0.1) is 13.1 Å². The molecule has 1 saturated heterocycles. The van der Waals surface area contributed by atoms with E-state index in [2.05, 4.69) is 11.8 Å². The summed E-state index contributed by atoms with van der Waals surface area (Å²) < 4.78 is 51.4. The van der Waals surface area contributed by atoms with E-state index in [1.54, 1.807) is 29.3 Å². The number of hydrogen-bond donors (Lipinski definition) is 3. The molecular formula is C26H30F2N4O6S. The van der Waals surface area contributed by atoms with Gasteiger partial charge in [-0.25, -0.2) is 27.5 Å². The summed E-state index contributed by atoms with van der Waals surface area (Å²) in [4.78, 5) is 27.9. The molecule has 39 heavy (non-hydrogen) atoms. The molecule has 3 heterocycles. The number of halogens is 2. The number of sulfone groups is 1. The number of carbonyl (C=O) groups is 2. The molecule has 0 radical (unpaired) electrons. The van der Waals surface area contributed by atoms with Crippen molar-refractivity contribution in [1.29, 1.82) is 0 Å². The third-order valence-electron chi connectivity index (χ3n) is 7.34. The van der Waals surface area contributed by atoms with Crippen LogP contribution in [0.25, 0.3) is 0 Å². The second kappa shape index (κ2) is 10.7. The highest BCUT2D eigenvalue weighted by atomic mass is 32.2. The zero-order valence-electron chi connectivity index (χ0n) is 21.5. The molecule has 210 valence electrons. The van der Waals surface area contributed by atoms with Gasteiger partial charge < -0.3 is 10.0 Å². The Bertz CT molecular complexity index is 1430. The van der Waals surface area contributed by atoms with Gasteiger partial charge in [0, 0.05) is 48.9 Å². The minimum atomic E-state index is -3.87. The average Bonchev–Trinajstić information content (AvgIpc) is 3.41. The Balaban J connectivity index is 1.36. The van der Waals surface area contributed by atoms with Gasteiger partial charge in [0.2, 0.25) is 0 Å². The Morgan fingerprint density at radius 2 is 1.90 bits per heavy atom. The maximum atomic E-state index is 13.8. The van der Waals surface area contributed by atoms with Crippen LogP contribution in [0.2, 0.25) is 0 Å². The highest BCUT2D eigenvalue weighted by molar-refractivity contribution is 7.92. The van der Waals surface area contributed by atoms with Crippen molar-refractivity contribution in [3.63, 3.8) is 0 Å². The fourth-order valence-corrected chi connectivity index (χ4v) is 5.47. The number of nitrogens with zero attached hydrogens (tertiary/aromatic N) is 3. The molecule has 1 aromatic heterocycles. The van der Waals surface area contributed by atoms with Crippen molar-refractivity contribution < 1.29 is 37.1 Å². The standard InChI is InChI=1S/C26H30F2N4O6S/c1-25(23(34)29-36,39(2,37)38)10-12-31-16-21-13-20(15-32(21)24(31)35)8-5-18-3-6-19(7-4-18)14-30-11-9-22(33)26(27,28)17-30/h3-4,6-7,13,15,22,33,36H,9-12,14,16-17H2,1-2H3,(H,29,34)/t22-,25+/m0/s1. The van der Waals surface area contributed by atoms with Crippen molar-refractivity contribution in [3.05, 3.63) is 58.9 Å². The molecule has 10 nitrogen and oxygen atoms in total. The van der Waals surface area contributed by atoms with Crippen LogP contribution in [0.15, 0.2) is 36.5 Å². The highest BCUT2D eigenvalue weighted by Gasteiger charge is 2.45. The van der Waals surface area contributed by atoms with Crippen LogP contribution in [-0.4, -0.2) is 87.7 Å². The molecule has 2 aliphatic heterocycles. The molecule has 2 aliphatic rings. The van der Waals surface area contributed by atoms with Crippen LogP contribution < -0.4 is 5.48 Å². The summed E-state index contributed by atoms with van der Waals surface area (Å²) >= 11 is 0. The maximum Gasteiger partial charge on any atom is 0.328 e. The molecule has 0 unspecified atom stereocenters. The number of benzene rings is 1. The number of nitrogens with one attached hydrogen (secondary N) is 1. The summed E-state index contributed by atoms with van der Waals surface area (Å²) in [6.07, 6.45) is 0.716. The lowest BCUT2D eigenvalue weighted by Crippen LogP contribution is -2.51. The average molecular weight is 565 g/mol. The van der Waals surface area contributed by atoms with Crippen molar-refractivity contribution in [1.82, 2.24) is 19.8 Å². The van der Waals surface area contributed by atoms with Gasteiger partial charge in [-0.15, -0.1) is 0 Å². The largest absolute Gasteiger partial charge is 0.387 e. The first-order valence-electron chi connectivity index (χ1n) is 12.3. The van der Waals surface area contributed by atoms with E-state index >= 15 is 0 Å². The minimum absolute atomic E-state index is 0.0134. The first kappa shape index (κ1) is 28.7. The lowest BCUT2D eigenvalue weighted by Gasteiger charge is -2.35. The van der Waals surface area contributed by atoms with Crippen molar-refractivity contribution in [3.8, 4) is 11.8 Å². The Kier molecular flexibility index (Phi) is 7.86. The third-order valence-corrected chi connectivity index (χ3v) is 9.37. The molecule has 3 N–H and O–H groups in total. The van der Waals surface area contributed by atoms with Gasteiger partial charge in [0.15, 0.2) is 14.6 Å². The van der Waals surface area contributed by atoms with Gasteiger partial charge in [-0.3, -0.25) is 19.5 Å². The molecule has 1 fully saturated rings. The molecule has 0 spiro atoms. The smallest absolute Gasteiger partial charge is 0.328 e. The highest BCUT2D eigenvalue weighted by Crippen LogP contribution is 2.28. The van der Waals surface area contributed by atoms with E-state index in [9.17, 15) is 31.9 Å². The van der Waals surface area contributed by atoms with Gasteiger partial charge in [0.25, 0.3) is 11.8 Å². The number of amides is 2. The quantitative estimate of drug-likeness (QED) is 0.264. The SMILES string of the molecule is C[C@@](CCN1Cc2cc(C#Cc3ccc(CN4CC[C@H](O)C(F)(F)C4)cc3)cn2C1=O)(C(=O)NO)S(C)(=O)=O. The van der Waals surface area contributed by atoms with Crippen LogP contribution >= 0.6 is 0 Å². The van der Waals surface area contributed by atoms with Crippen molar-refractivity contribution >= 4 is 21.8 Å². The van der Waals surface area contributed by atoms with Gasteiger partial charge >= 0.3 is 6.03 Å². The van der Waals surface area contributed by atoms with Gasteiger partial charge in [0.1, 0.15) is 6.10 Å². The molecule has 2 amide bonds. The van der Waals surface area contributed by atoms with Crippen LogP contribution in [0, 0.1) is 11.8 Å². The molecule has 0 aliphatic carbocycles. The number of rotatable bonds is 7. The van der Waals surface area contributed by atoms with E-state index < -0.39 is 39.1 Å². The number of hydrogen-bond acceptors (Lipinski definition) is 7. The zero-order valence-corrected chi connectivity index (χ0v) is 22.3. The second-order valence-electron chi connectivity index (χ2n) is 10.2.